The molecule has 0 aromatic rings. The van der Waals surface area contributed by atoms with Crippen molar-refractivity contribution in [1.82, 2.24) is 5.32 Å². The van der Waals surface area contributed by atoms with E-state index in [9.17, 15) is 0 Å². The zero-order valence-corrected chi connectivity index (χ0v) is 10.4. The molecule has 0 heterocycles. The van der Waals surface area contributed by atoms with Crippen LogP contribution in [0.1, 0.15) is 47.5 Å². The van der Waals surface area contributed by atoms with Crippen LogP contribution >= 0.6 is 0 Å². The van der Waals surface area contributed by atoms with Crippen LogP contribution in [0, 0.1) is 0 Å². The maximum Gasteiger partial charge on any atom is 0.00966 e. The van der Waals surface area contributed by atoms with Gasteiger partial charge in [-0.1, -0.05) is 23.8 Å². The van der Waals surface area contributed by atoms with Gasteiger partial charge in [-0.15, -0.1) is 0 Å². The Morgan fingerprint density at radius 3 is 2.29 bits per heavy atom. The standard InChI is InChI=1S/C13H25N/c1-11(2)10-12(3)8-7-9-14-13(4,5)6/h8,14H,1,7,9-10H2,2-6H3. The summed E-state index contributed by atoms with van der Waals surface area (Å²) >= 11 is 0. The van der Waals surface area contributed by atoms with Crippen LogP contribution in [0.5, 0.6) is 0 Å². The second-order valence-corrected chi connectivity index (χ2v) is 5.15. The molecule has 0 aliphatic rings. The highest BCUT2D eigenvalue weighted by Crippen LogP contribution is 2.08. The van der Waals surface area contributed by atoms with Crippen LogP contribution in [0.15, 0.2) is 23.8 Å². The highest BCUT2D eigenvalue weighted by molar-refractivity contribution is 5.08. The van der Waals surface area contributed by atoms with E-state index in [1.54, 1.807) is 0 Å². The molecule has 1 nitrogen and oxygen atoms in total. The molecule has 0 aromatic carbocycles. The maximum atomic E-state index is 3.91. The number of rotatable bonds is 5. The Balaban J connectivity index is 3.66. The lowest BCUT2D eigenvalue weighted by molar-refractivity contribution is 0.431. The Hall–Kier alpha value is -0.560. The third-order valence-corrected chi connectivity index (χ3v) is 1.87. The molecule has 14 heavy (non-hydrogen) atoms. The third kappa shape index (κ3) is 9.53. The molecule has 0 spiro atoms. The molecule has 0 fully saturated rings. The Kier molecular flexibility index (Phi) is 5.78. The molecule has 0 rings (SSSR count). The van der Waals surface area contributed by atoms with Crippen LogP contribution < -0.4 is 5.32 Å². The Morgan fingerprint density at radius 2 is 1.86 bits per heavy atom. The van der Waals surface area contributed by atoms with Gasteiger partial charge in [-0.25, -0.2) is 0 Å². The van der Waals surface area contributed by atoms with Gasteiger partial charge in [0.05, 0.1) is 0 Å². The van der Waals surface area contributed by atoms with Crippen molar-refractivity contribution >= 4 is 0 Å². The van der Waals surface area contributed by atoms with Gasteiger partial charge in [0, 0.05) is 5.54 Å². The monoisotopic (exact) mass is 195 g/mol. The number of allylic oxidation sites excluding steroid dienone is 2. The van der Waals surface area contributed by atoms with Crippen LogP contribution in [-0.4, -0.2) is 12.1 Å². The van der Waals surface area contributed by atoms with Gasteiger partial charge < -0.3 is 5.32 Å². The van der Waals surface area contributed by atoms with Gasteiger partial charge in [-0.3, -0.25) is 0 Å². The second kappa shape index (κ2) is 6.02. The molecule has 0 radical (unpaired) electrons. The van der Waals surface area contributed by atoms with Crippen molar-refractivity contribution in [2.75, 3.05) is 6.54 Å². The van der Waals surface area contributed by atoms with Gasteiger partial charge in [0.15, 0.2) is 0 Å². The van der Waals surface area contributed by atoms with E-state index >= 15 is 0 Å². The smallest absolute Gasteiger partial charge is 0.00966 e. The molecule has 82 valence electrons. The van der Waals surface area contributed by atoms with Crippen LogP contribution in [0.3, 0.4) is 0 Å². The average molecular weight is 195 g/mol. The highest BCUT2D eigenvalue weighted by Gasteiger charge is 2.06. The van der Waals surface area contributed by atoms with E-state index in [0.29, 0.717) is 0 Å². The van der Waals surface area contributed by atoms with Crippen molar-refractivity contribution in [3.05, 3.63) is 23.8 Å². The molecule has 0 atom stereocenters. The fourth-order valence-electron chi connectivity index (χ4n) is 1.31. The number of hydrogen-bond acceptors (Lipinski definition) is 1. The highest BCUT2D eigenvalue weighted by atomic mass is 14.9. The summed E-state index contributed by atoms with van der Waals surface area (Å²) in [6, 6.07) is 0. The van der Waals surface area contributed by atoms with Crippen molar-refractivity contribution in [3.8, 4) is 0 Å². The summed E-state index contributed by atoms with van der Waals surface area (Å²) in [6.45, 7) is 15.8. The van der Waals surface area contributed by atoms with Crippen molar-refractivity contribution in [2.45, 2.75) is 53.0 Å². The fraction of sp³-hybridized carbons (Fsp3) is 0.692. The number of nitrogens with one attached hydrogen (secondary N) is 1. The van der Waals surface area contributed by atoms with Crippen LogP contribution in [0.4, 0.5) is 0 Å². The van der Waals surface area contributed by atoms with Crippen molar-refractivity contribution < 1.29 is 0 Å². The lowest BCUT2D eigenvalue weighted by Crippen LogP contribution is -2.36. The first-order chi connectivity index (χ1) is 6.31. The van der Waals surface area contributed by atoms with Gasteiger partial charge >= 0.3 is 0 Å². The van der Waals surface area contributed by atoms with Crippen LogP contribution in [0.2, 0.25) is 0 Å². The normalized spacial score (nSPS) is 13.1. The summed E-state index contributed by atoms with van der Waals surface area (Å²) < 4.78 is 0. The molecule has 0 unspecified atom stereocenters. The zero-order chi connectivity index (χ0) is 11.2. The SMILES string of the molecule is C=C(C)CC(C)=CCCNC(C)(C)C. The maximum absolute atomic E-state index is 3.91. The van der Waals surface area contributed by atoms with Crippen molar-refractivity contribution in [3.63, 3.8) is 0 Å². The molecular weight excluding hydrogens is 170 g/mol. The third-order valence-electron chi connectivity index (χ3n) is 1.87. The lowest BCUT2D eigenvalue weighted by Gasteiger charge is -2.19. The van der Waals surface area contributed by atoms with Gasteiger partial charge in [0.25, 0.3) is 0 Å². The van der Waals surface area contributed by atoms with E-state index in [0.717, 1.165) is 19.4 Å². The number of hydrogen-bond donors (Lipinski definition) is 1. The summed E-state index contributed by atoms with van der Waals surface area (Å²) in [5, 5.41) is 3.46. The van der Waals surface area contributed by atoms with Gasteiger partial charge in [-0.2, -0.15) is 0 Å². The summed E-state index contributed by atoms with van der Waals surface area (Å²) in [5.74, 6) is 0. The largest absolute Gasteiger partial charge is 0.312 e. The minimum atomic E-state index is 0.232. The molecule has 0 aromatic heterocycles. The van der Waals surface area contributed by atoms with Crippen LogP contribution in [0.25, 0.3) is 0 Å². The summed E-state index contributed by atoms with van der Waals surface area (Å²) in [7, 11) is 0. The Morgan fingerprint density at radius 1 is 1.29 bits per heavy atom. The first-order valence-corrected chi connectivity index (χ1v) is 5.36. The van der Waals surface area contributed by atoms with E-state index in [1.165, 1.54) is 11.1 Å². The molecule has 0 saturated heterocycles. The fourth-order valence-corrected chi connectivity index (χ4v) is 1.31. The van der Waals surface area contributed by atoms with Crippen molar-refractivity contribution in [1.29, 1.82) is 0 Å². The van der Waals surface area contributed by atoms with E-state index < -0.39 is 0 Å². The van der Waals surface area contributed by atoms with E-state index in [-0.39, 0.29) is 5.54 Å². The van der Waals surface area contributed by atoms with E-state index in [4.69, 9.17) is 0 Å². The van der Waals surface area contributed by atoms with Gasteiger partial charge in [-0.05, 0) is 54.0 Å². The molecule has 0 amide bonds. The van der Waals surface area contributed by atoms with Crippen LogP contribution in [-0.2, 0) is 0 Å². The minimum Gasteiger partial charge on any atom is -0.312 e. The summed E-state index contributed by atoms with van der Waals surface area (Å²) in [6.07, 6.45) is 4.44. The first kappa shape index (κ1) is 13.4. The van der Waals surface area contributed by atoms with E-state index in [2.05, 4.69) is 52.6 Å². The second-order valence-electron chi connectivity index (χ2n) is 5.15. The average Bonchev–Trinajstić information content (AvgIpc) is 1.95. The van der Waals surface area contributed by atoms with Crippen molar-refractivity contribution in [2.24, 2.45) is 0 Å². The Bertz CT molecular complexity index is 206. The topological polar surface area (TPSA) is 12.0 Å². The lowest BCUT2D eigenvalue weighted by atomic mass is 10.1. The molecule has 0 saturated carbocycles. The molecule has 0 aliphatic carbocycles. The minimum absolute atomic E-state index is 0.232. The quantitative estimate of drug-likeness (QED) is 0.521. The summed E-state index contributed by atoms with van der Waals surface area (Å²) in [4.78, 5) is 0. The summed E-state index contributed by atoms with van der Waals surface area (Å²) in [5.41, 5.74) is 2.89. The molecule has 1 N–H and O–H groups in total. The predicted molar refractivity (Wildman–Crippen MR) is 65.6 cm³/mol. The zero-order valence-electron chi connectivity index (χ0n) is 10.4. The van der Waals surface area contributed by atoms with E-state index in [1.807, 2.05) is 0 Å². The molecule has 1 heteroatoms. The molecule has 0 aliphatic heterocycles. The molecular formula is C13H25N. The predicted octanol–water partition coefficient (Wildman–Crippen LogP) is 3.68. The molecule has 0 bridgehead atoms. The van der Waals surface area contributed by atoms with Gasteiger partial charge in [0.1, 0.15) is 0 Å². The Labute approximate surface area is 89.3 Å². The first-order valence-electron chi connectivity index (χ1n) is 5.36. The van der Waals surface area contributed by atoms with Gasteiger partial charge in [0.2, 0.25) is 0 Å².